The van der Waals surface area contributed by atoms with E-state index in [0.29, 0.717) is 24.0 Å². The number of nitrogens with one attached hydrogen (secondary N) is 2. The minimum atomic E-state index is -0.341. The number of benzene rings is 2. The van der Waals surface area contributed by atoms with Crippen molar-refractivity contribution in [3.63, 3.8) is 0 Å². The van der Waals surface area contributed by atoms with Gasteiger partial charge in [0.1, 0.15) is 11.6 Å². The monoisotopic (exact) mass is 386 g/mol. The Bertz CT molecular complexity index is 763. The molecule has 146 valence electrons. The van der Waals surface area contributed by atoms with Crippen molar-refractivity contribution in [3.05, 3.63) is 71.3 Å². The molecule has 2 rings (SSSR count). The maximum absolute atomic E-state index is 12.8. The fourth-order valence-electron chi connectivity index (χ4n) is 2.14. The lowest BCUT2D eigenvalue weighted by molar-refractivity contribution is -0.123. The third-order valence-corrected chi connectivity index (χ3v) is 3.60. The maximum atomic E-state index is 12.8. The fourth-order valence-corrected chi connectivity index (χ4v) is 2.14. The van der Waals surface area contributed by atoms with E-state index in [2.05, 4.69) is 21.1 Å². The lowest BCUT2D eigenvalue weighted by Gasteiger charge is -2.01. The fraction of sp³-hybridized carbons (Fsp3) is 0.200. The van der Waals surface area contributed by atoms with Gasteiger partial charge in [-0.1, -0.05) is 24.3 Å². The van der Waals surface area contributed by atoms with E-state index in [1.54, 1.807) is 24.3 Å². The van der Waals surface area contributed by atoms with Gasteiger partial charge in [-0.3, -0.25) is 9.59 Å². The van der Waals surface area contributed by atoms with E-state index in [-0.39, 0.29) is 36.3 Å². The standard InChI is InChI=1S/C20H20F2N4O2/c21-17-9-5-15(6-10-17)13-23-25-19(27)3-1-2-4-20(28)26-24-14-16-7-11-18(22)12-8-16/h5-14H,1-4H2,(H,25,27)(H,26,28). The third kappa shape index (κ3) is 8.31. The number of hydrogen-bond donors (Lipinski definition) is 2. The van der Waals surface area contributed by atoms with Crippen molar-refractivity contribution in [1.82, 2.24) is 10.9 Å². The van der Waals surface area contributed by atoms with Gasteiger partial charge in [0.2, 0.25) is 11.8 Å². The summed E-state index contributed by atoms with van der Waals surface area (Å²) in [6.07, 6.45) is 4.34. The first-order valence-corrected chi connectivity index (χ1v) is 8.68. The average molecular weight is 386 g/mol. The molecule has 28 heavy (non-hydrogen) atoms. The maximum Gasteiger partial charge on any atom is 0.240 e. The predicted octanol–water partition coefficient (Wildman–Crippen LogP) is 3.13. The second-order valence-corrected chi connectivity index (χ2v) is 5.90. The minimum Gasteiger partial charge on any atom is -0.273 e. The van der Waals surface area contributed by atoms with E-state index in [9.17, 15) is 18.4 Å². The number of carbonyl (C=O) groups excluding carboxylic acids is 2. The van der Waals surface area contributed by atoms with Crippen LogP contribution < -0.4 is 10.9 Å². The van der Waals surface area contributed by atoms with Crippen LogP contribution in [0.3, 0.4) is 0 Å². The molecule has 0 bridgehead atoms. The number of amides is 2. The molecule has 2 N–H and O–H groups in total. The van der Waals surface area contributed by atoms with Crippen LogP contribution in [0.25, 0.3) is 0 Å². The summed E-state index contributed by atoms with van der Waals surface area (Å²) in [6.45, 7) is 0. The van der Waals surface area contributed by atoms with Crippen molar-refractivity contribution in [2.24, 2.45) is 10.2 Å². The Kier molecular flexibility index (Phi) is 8.45. The van der Waals surface area contributed by atoms with Crippen molar-refractivity contribution < 1.29 is 18.4 Å². The van der Waals surface area contributed by atoms with Crippen molar-refractivity contribution in [1.29, 1.82) is 0 Å². The van der Waals surface area contributed by atoms with Crippen LogP contribution in [0.15, 0.2) is 58.7 Å². The van der Waals surface area contributed by atoms with Crippen LogP contribution in [0.1, 0.15) is 36.8 Å². The van der Waals surface area contributed by atoms with Gasteiger partial charge in [0.15, 0.2) is 0 Å². The van der Waals surface area contributed by atoms with Gasteiger partial charge in [0.05, 0.1) is 12.4 Å². The highest BCUT2D eigenvalue weighted by Crippen LogP contribution is 2.02. The average Bonchev–Trinajstić information content (AvgIpc) is 2.68. The SMILES string of the molecule is O=C(CCCCC(=O)NN=Cc1ccc(F)cc1)NN=Cc1ccc(F)cc1. The molecule has 0 aliphatic rings. The van der Waals surface area contributed by atoms with Gasteiger partial charge >= 0.3 is 0 Å². The summed E-state index contributed by atoms with van der Waals surface area (Å²) in [5.74, 6) is -1.22. The quantitative estimate of drug-likeness (QED) is 0.394. The summed E-state index contributed by atoms with van der Waals surface area (Å²) >= 11 is 0. The normalized spacial score (nSPS) is 11.1. The van der Waals surface area contributed by atoms with Crippen LogP contribution in [0.2, 0.25) is 0 Å². The van der Waals surface area contributed by atoms with Crippen LogP contribution in [0.5, 0.6) is 0 Å². The molecular formula is C20H20F2N4O2. The van der Waals surface area contributed by atoms with Gasteiger partial charge in [-0.2, -0.15) is 10.2 Å². The zero-order valence-electron chi connectivity index (χ0n) is 15.1. The Morgan fingerprint density at radius 2 is 1.07 bits per heavy atom. The molecule has 0 atom stereocenters. The summed E-state index contributed by atoms with van der Waals surface area (Å²) in [6, 6.07) is 11.4. The molecule has 0 unspecified atom stereocenters. The summed E-state index contributed by atoms with van der Waals surface area (Å²) < 4.78 is 25.5. The molecule has 0 saturated heterocycles. The zero-order valence-corrected chi connectivity index (χ0v) is 15.1. The number of hydrazone groups is 2. The van der Waals surface area contributed by atoms with Crippen LogP contribution in [-0.2, 0) is 9.59 Å². The molecule has 6 nitrogen and oxygen atoms in total. The van der Waals surface area contributed by atoms with Gasteiger partial charge in [-0.05, 0) is 48.2 Å². The second kappa shape index (κ2) is 11.3. The Labute approximate surface area is 161 Å². The number of carbonyl (C=O) groups is 2. The lowest BCUT2D eigenvalue weighted by atomic mass is 10.2. The number of halogens is 2. The van der Waals surface area contributed by atoms with Gasteiger partial charge in [-0.25, -0.2) is 19.6 Å². The third-order valence-electron chi connectivity index (χ3n) is 3.60. The molecule has 2 aromatic carbocycles. The first-order chi connectivity index (χ1) is 13.5. The molecule has 0 heterocycles. The van der Waals surface area contributed by atoms with Gasteiger partial charge in [-0.15, -0.1) is 0 Å². The molecule has 0 aliphatic heterocycles. The van der Waals surface area contributed by atoms with Crippen molar-refractivity contribution in [3.8, 4) is 0 Å². The van der Waals surface area contributed by atoms with Crippen molar-refractivity contribution >= 4 is 24.2 Å². The molecule has 2 amide bonds. The van der Waals surface area contributed by atoms with Crippen LogP contribution in [0, 0.1) is 11.6 Å². The largest absolute Gasteiger partial charge is 0.273 e. The molecule has 0 spiro atoms. The van der Waals surface area contributed by atoms with Gasteiger partial charge in [0, 0.05) is 12.8 Å². The zero-order chi connectivity index (χ0) is 20.2. The highest BCUT2D eigenvalue weighted by atomic mass is 19.1. The molecular weight excluding hydrogens is 366 g/mol. The Morgan fingerprint density at radius 3 is 1.43 bits per heavy atom. The van der Waals surface area contributed by atoms with E-state index >= 15 is 0 Å². The summed E-state index contributed by atoms with van der Waals surface area (Å²) in [5, 5.41) is 7.58. The van der Waals surface area contributed by atoms with Crippen LogP contribution >= 0.6 is 0 Å². The topological polar surface area (TPSA) is 82.9 Å². The van der Waals surface area contributed by atoms with Gasteiger partial charge in [0.25, 0.3) is 0 Å². The molecule has 0 fully saturated rings. The summed E-state index contributed by atoms with van der Waals surface area (Å²) in [5.41, 5.74) is 6.09. The molecule has 0 radical (unpaired) electrons. The highest BCUT2D eigenvalue weighted by molar-refractivity contribution is 5.83. The Morgan fingerprint density at radius 1 is 0.714 bits per heavy atom. The smallest absolute Gasteiger partial charge is 0.240 e. The molecule has 0 aliphatic carbocycles. The molecule has 0 saturated carbocycles. The first kappa shape index (κ1) is 20.9. The lowest BCUT2D eigenvalue weighted by Crippen LogP contribution is -2.19. The van der Waals surface area contributed by atoms with Crippen molar-refractivity contribution in [2.75, 3.05) is 0 Å². The van der Waals surface area contributed by atoms with Crippen molar-refractivity contribution in [2.45, 2.75) is 25.7 Å². The van der Waals surface area contributed by atoms with Crippen LogP contribution in [0.4, 0.5) is 8.78 Å². The van der Waals surface area contributed by atoms with E-state index in [4.69, 9.17) is 0 Å². The van der Waals surface area contributed by atoms with Gasteiger partial charge < -0.3 is 0 Å². The number of nitrogens with zero attached hydrogens (tertiary/aromatic N) is 2. The predicted molar refractivity (Wildman–Crippen MR) is 103 cm³/mol. The number of unbranched alkanes of at least 4 members (excludes halogenated alkanes) is 1. The molecule has 2 aromatic rings. The molecule has 0 aromatic heterocycles. The Balaban J connectivity index is 1.57. The summed E-state index contributed by atoms with van der Waals surface area (Å²) in [4.78, 5) is 23.3. The Hall–Kier alpha value is -3.42. The van der Waals surface area contributed by atoms with E-state index < -0.39 is 0 Å². The first-order valence-electron chi connectivity index (χ1n) is 8.68. The van der Waals surface area contributed by atoms with E-state index in [1.807, 2.05) is 0 Å². The van der Waals surface area contributed by atoms with E-state index in [1.165, 1.54) is 36.7 Å². The van der Waals surface area contributed by atoms with Crippen LogP contribution in [-0.4, -0.2) is 24.2 Å². The summed E-state index contributed by atoms with van der Waals surface area (Å²) in [7, 11) is 0. The minimum absolute atomic E-state index is 0.229. The molecule has 8 heteroatoms. The highest BCUT2D eigenvalue weighted by Gasteiger charge is 2.03. The second-order valence-electron chi connectivity index (χ2n) is 5.90. The number of rotatable bonds is 9. The van der Waals surface area contributed by atoms with E-state index in [0.717, 1.165) is 0 Å². The number of hydrogen-bond acceptors (Lipinski definition) is 4.